The number of aromatic amines is 1. The number of H-pyrrole nitrogens is 1. The molecule has 0 radical (unpaired) electrons. The van der Waals surface area contributed by atoms with Gasteiger partial charge in [0.05, 0.1) is 5.56 Å². The molecule has 0 spiro atoms. The van der Waals surface area contributed by atoms with Crippen LogP contribution in [0.2, 0.25) is 0 Å². The SMILES string of the molecule is O=C(/C=C/c1ccccc1OC(F)F)Nc1cc(C(F)(F)F)c[nH]c1=O. The lowest BCUT2D eigenvalue weighted by Gasteiger charge is -2.08. The summed E-state index contributed by atoms with van der Waals surface area (Å²) in [6.07, 6.45) is -2.24. The Hall–Kier alpha value is -3.17. The molecule has 10 heteroatoms. The molecular weight excluding hydrogens is 363 g/mol. The Morgan fingerprint density at radius 1 is 1.23 bits per heavy atom. The minimum absolute atomic E-state index is 0.140. The number of anilines is 1. The normalized spacial score (nSPS) is 11.8. The molecule has 0 saturated heterocycles. The number of ether oxygens (including phenoxy) is 1. The molecule has 0 aliphatic carbocycles. The van der Waals surface area contributed by atoms with Gasteiger partial charge in [-0.2, -0.15) is 22.0 Å². The van der Waals surface area contributed by atoms with Crippen LogP contribution in [0.25, 0.3) is 6.08 Å². The smallest absolute Gasteiger partial charge is 0.417 e. The van der Waals surface area contributed by atoms with Crippen LogP contribution in [0.4, 0.5) is 27.6 Å². The van der Waals surface area contributed by atoms with Crippen LogP contribution in [0.1, 0.15) is 11.1 Å². The van der Waals surface area contributed by atoms with Gasteiger partial charge in [-0.3, -0.25) is 9.59 Å². The largest absolute Gasteiger partial charge is 0.434 e. The number of benzene rings is 1. The van der Waals surface area contributed by atoms with E-state index < -0.39 is 35.5 Å². The van der Waals surface area contributed by atoms with Crippen LogP contribution in [0.3, 0.4) is 0 Å². The molecule has 2 N–H and O–H groups in total. The highest BCUT2D eigenvalue weighted by molar-refractivity contribution is 6.02. The van der Waals surface area contributed by atoms with E-state index in [2.05, 4.69) is 4.74 Å². The van der Waals surface area contributed by atoms with Crippen LogP contribution in [0, 0.1) is 0 Å². The standard InChI is InChI=1S/C16H11F5N2O3/c17-15(18)26-12-4-2-1-3-9(12)5-6-13(24)23-11-7-10(16(19,20)21)8-22-14(11)25/h1-8,15H,(H,22,25)(H,23,24)/b6-5+. The van der Waals surface area contributed by atoms with Gasteiger partial charge < -0.3 is 15.0 Å². The number of pyridine rings is 1. The first kappa shape index (κ1) is 19.2. The van der Waals surface area contributed by atoms with Crippen molar-refractivity contribution in [2.75, 3.05) is 5.32 Å². The van der Waals surface area contributed by atoms with Crippen molar-refractivity contribution in [3.05, 3.63) is 64.1 Å². The molecule has 0 unspecified atom stereocenters. The lowest BCUT2D eigenvalue weighted by Crippen LogP contribution is -2.20. The second-order valence-corrected chi connectivity index (χ2v) is 4.87. The van der Waals surface area contributed by atoms with Gasteiger partial charge in [0.1, 0.15) is 11.4 Å². The number of amides is 1. The Morgan fingerprint density at radius 3 is 2.58 bits per heavy atom. The van der Waals surface area contributed by atoms with Crippen molar-refractivity contribution in [1.82, 2.24) is 4.98 Å². The molecule has 0 saturated carbocycles. The van der Waals surface area contributed by atoms with E-state index in [4.69, 9.17) is 0 Å². The summed E-state index contributed by atoms with van der Waals surface area (Å²) >= 11 is 0. The van der Waals surface area contributed by atoms with E-state index in [1.807, 2.05) is 10.3 Å². The molecule has 2 rings (SSSR count). The number of carbonyl (C=O) groups excluding carboxylic acids is 1. The first-order chi connectivity index (χ1) is 12.2. The number of para-hydroxylation sites is 1. The highest BCUT2D eigenvalue weighted by Gasteiger charge is 2.31. The summed E-state index contributed by atoms with van der Waals surface area (Å²) in [5.41, 5.74) is -2.54. The summed E-state index contributed by atoms with van der Waals surface area (Å²) < 4.78 is 66.8. The van der Waals surface area contributed by atoms with Crippen LogP contribution in [-0.2, 0) is 11.0 Å². The molecule has 1 aromatic heterocycles. The Labute approximate surface area is 143 Å². The van der Waals surface area contributed by atoms with Gasteiger partial charge in [0.25, 0.3) is 5.56 Å². The number of nitrogens with one attached hydrogen (secondary N) is 2. The first-order valence-corrected chi connectivity index (χ1v) is 6.99. The molecule has 138 valence electrons. The van der Waals surface area contributed by atoms with Crippen LogP contribution in [0.15, 0.2) is 47.4 Å². The first-order valence-electron chi connectivity index (χ1n) is 6.99. The molecule has 0 atom stereocenters. The summed E-state index contributed by atoms with van der Waals surface area (Å²) in [7, 11) is 0. The van der Waals surface area contributed by atoms with Crippen molar-refractivity contribution in [2.45, 2.75) is 12.8 Å². The van der Waals surface area contributed by atoms with E-state index in [1.54, 1.807) is 0 Å². The fourth-order valence-electron chi connectivity index (χ4n) is 1.90. The molecule has 26 heavy (non-hydrogen) atoms. The average Bonchev–Trinajstić information content (AvgIpc) is 2.54. The topological polar surface area (TPSA) is 71.2 Å². The molecule has 0 fully saturated rings. The maximum atomic E-state index is 12.6. The summed E-state index contributed by atoms with van der Waals surface area (Å²) in [6.45, 7) is -3.07. The number of hydrogen-bond donors (Lipinski definition) is 2. The van der Waals surface area contributed by atoms with E-state index in [0.29, 0.717) is 12.3 Å². The molecule has 0 bridgehead atoms. The van der Waals surface area contributed by atoms with Crippen molar-refractivity contribution >= 4 is 17.7 Å². The number of rotatable bonds is 5. The van der Waals surface area contributed by atoms with Gasteiger partial charge >= 0.3 is 12.8 Å². The van der Waals surface area contributed by atoms with Gasteiger partial charge in [-0.15, -0.1) is 0 Å². The zero-order valence-electron chi connectivity index (χ0n) is 12.8. The van der Waals surface area contributed by atoms with E-state index in [1.165, 1.54) is 24.3 Å². The second-order valence-electron chi connectivity index (χ2n) is 4.87. The molecule has 1 aromatic carbocycles. The van der Waals surface area contributed by atoms with E-state index in [-0.39, 0.29) is 11.3 Å². The zero-order chi connectivity index (χ0) is 19.3. The monoisotopic (exact) mass is 374 g/mol. The van der Waals surface area contributed by atoms with E-state index in [9.17, 15) is 31.5 Å². The van der Waals surface area contributed by atoms with Crippen LogP contribution in [0.5, 0.6) is 5.75 Å². The van der Waals surface area contributed by atoms with Crippen molar-refractivity contribution in [1.29, 1.82) is 0 Å². The molecule has 0 aliphatic heterocycles. The van der Waals surface area contributed by atoms with Crippen molar-refractivity contribution in [3.63, 3.8) is 0 Å². The molecule has 2 aromatic rings. The van der Waals surface area contributed by atoms with Gasteiger partial charge in [-0.25, -0.2) is 0 Å². The molecule has 1 amide bonds. The maximum Gasteiger partial charge on any atom is 0.417 e. The molecule has 1 heterocycles. The summed E-state index contributed by atoms with van der Waals surface area (Å²) in [5.74, 6) is -1.12. The predicted molar refractivity (Wildman–Crippen MR) is 82.8 cm³/mol. The third-order valence-electron chi connectivity index (χ3n) is 3.04. The van der Waals surface area contributed by atoms with Crippen LogP contribution >= 0.6 is 0 Å². The minimum Gasteiger partial charge on any atom is -0.434 e. The van der Waals surface area contributed by atoms with Gasteiger partial charge in [-0.1, -0.05) is 18.2 Å². The zero-order valence-corrected chi connectivity index (χ0v) is 12.8. The highest BCUT2D eigenvalue weighted by atomic mass is 19.4. The van der Waals surface area contributed by atoms with Crippen LogP contribution in [-0.4, -0.2) is 17.5 Å². The minimum atomic E-state index is -4.70. The molecule has 0 aliphatic rings. The van der Waals surface area contributed by atoms with Gasteiger partial charge in [0.2, 0.25) is 5.91 Å². The number of aromatic nitrogens is 1. The Balaban J connectivity index is 2.17. The fourth-order valence-corrected chi connectivity index (χ4v) is 1.90. The van der Waals surface area contributed by atoms with E-state index in [0.717, 1.165) is 12.2 Å². The third kappa shape index (κ3) is 5.16. The average molecular weight is 374 g/mol. The summed E-state index contributed by atoms with van der Waals surface area (Å²) in [6, 6.07) is 6.07. The second kappa shape index (κ2) is 7.81. The number of carbonyl (C=O) groups is 1. The quantitative estimate of drug-likeness (QED) is 0.620. The Morgan fingerprint density at radius 2 is 1.92 bits per heavy atom. The Kier molecular flexibility index (Phi) is 5.75. The number of alkyl halides is 5. The third-order valence-corrected chi connectivity index (χ3v) is 3.04. The maximum absolute atomic E-state index is 12.6. The summed E-state index contributed by atoms with van der Waals surface area (Å²) in [5, 5.41) is 1.99. The van der Waals surface area contributed by atoms with E-state index >= 15 is 0 Å². The highest BCUT2D eigenvalue weighted by Crippen LogP contribution is 2.29. The summed E-state index contributed by atoms with van der Waals surface area (Å²) in [4.78, 5) is 25.2. The number of halogens is 5. The van der Waals surface area contributed by atoms with Crippen molar-refractivity contribution in [3.8, 4) is 5.75 Å². The Bertz CT molecular complexity index is 875. The lowest BCUT2D eigenvalue weighted by atomic mass is 10.2. The van der Waals surface area contributed by atoms with Crippen molar-refractivity contribution in [2.24, 2.45) is 0 Å². The molecule has 5 nitrogen and oxygen atoms in total. The van der Waals surface area contributed by atoms with Gasteiger partial charge in [0, 0.05) is 17.8 Å². The van der Waals surface area contributed by atoms with Crippen molar-refractivity contribution < 1.29 is 31.5 Å². The van der Waals surface area contributed by atoms with Crippen LogP contribution < -0.4 is 15.6 Å². The fraction of sp³-hybridized carbons (Fsp3) is 0.125. The number of hydrogen-bond acceptors (Lipinski definition) is 3. The lowest BCUT2D eigenvalue weighted by molar-refractivity contribution is -0.137. The van der Waals surface area contributed by atoms with Gasteiger partial charge in [-0.05, 0) is 18.2 Å². The predicted octanol–water partition coefficient (Wildman–Crippen LogP) is 3.65. The molecular formula is C16H11F5N2O3. The van der Waals surface area contributed by atoms with Gasteiger partial charge in [0.15, 0.2) is 0 Å².